The van der Waals surface area contributed by atoms with Gasteiger partial charge in [-0.05, 0) is 51.8 Å². The summed E-state index contributed by atoms with van der Waals surface area (Å²) in [5, 5.41) is 4.27. The van der Waals surface area contributed by atoms with Gasteiger partial charge >= 0.3 is 0 Å². The molecule has 0 bridgehead atoms. The van der Waals surface area contributed by atoms with Crippen LogP contribution in [-0.2, 0) is 6.54 Å². The van der Waals surface area contributed by atoms with Crippen LogP contribution >= 0.6 is 11.6 Å². The Morgan fingerprint density at radius 3 is 2.74 bits per heavy atom. The minimum absolute atomic E-state index is 0.101. The number of benzene rings is 1. The van der Waals surface area contributed by atoms with Crippen molar-refractivity contribution < 1.29 is 0 Å². The van der Waals surface area contributed by atoms with Gasteiger partial charge in [-0.25, -0.2) is 4.98 Å². The van der Waals surface area contributed by atoms with Crippen molar-refractivity contribution in [1.82, 2.24) is 14.9 Å². The van der Waals surface area contributed by atoms with E-state index in [1.807, 2.05) is 12.1 Å². The van der Waals surface area contributed by atoms with E-state index in [-0.39, 0.29) is 5.54 Å². The molecule has 1 fully saturated rings. The lowest BCUT2D eigenvalue weighted by atomic mass is 10.1. The second-order valence-corrected chi connectivity index (χ2v) is 6.80. The number of nitrogens with one attached hydrogen (secondary N) is 1. The van der Waals surface area contributed by atoms with Gasteiger partial charge in [0, 0.05) is 16.6 Å². The normalized spacial score (nSPS) is 16.2. The lowest BCUT2D eigenvalue weighted by molar-refractivity contribution is 0.412. The van der Waals surface area contributed by atoms with Crippen molar-refractivity contribution >= 4 is 22.6 Å². The molecule has 0 aliphatic heterocycles. The van der Waals surface area contributed by atoms with Gasteiger partial charge in [-0.2, -0.15) is 0 Å². The predicted octanol–water partition coefficient (Wildman–Crippen LogP) is 3.91. The van der Waals surface area contributed by atoms with Crippen LogP contribution < -0.4 is 5.32 Å². The van der Waals surface area contributed by atoms with Crippen LogP contribution in [0.5, 0.6) is 0 Å². The number of aromatic nitrogens is 2. The SMILES string of the molecule is CC(C)(C)NCc1nc2cc(Cl)ccc2n1C1CC1. The van der Waals surface area contributed by atoms with E-state index in [4.69, 9.17) is 16.6 Å². The second kappa shape index (κ2) is 4.50. The Kier molecular flexibility index (Phi) is 3.06. The first-order valence-corrected chi connectivity index (χ1v) is 7.23. The molecule has 1 aromatic carbocycles. The van der Waals surface area contributed by atoms with Crippen molar-refractivity contribution in [2.24, 2.45) is 0 Å². The molecule has 1 aromatic heterocycles. The van der Waals surface area contributed by atoms with E-state index >= 15 is 0 Å². The first kappa shape index (κ1) is 12.9. The Bertz CT molecular complexity index is 606. The summed E-state index contributed by atoms with van der Waals surface area (Å²) in [7, 11) is 0. The summed E-state index contributed by atoms with van der Waals surface area (Å²) in [5.41, 5.74) is 2.31. The number of hydrogen-bond donors (Lipinski definition) is 1. The average molecular weight is 278 g/mol. The molecule has 1 heterocycles. The maximum atomic E-state index is 6.06. The fraction of sp³-hybridized carbons (Fsp3) is 0.533. The molecule has 1 aliphatic rings. The van der Waals surface area contributed by atoms with Gasteiger partial charge in [-0.15, -0.1) is 0 Å². The highest BCUT2D eigenvalue weighted by molar-refractivity contribution is 6.31. The minimum Gasteiger partial charge on any atom is -0.324 e. The van der Waals surface area contributed by atoms with Crippen LogP contribution in [0.2, 0.25) is 5.02 Å². The molecule has 1 saturated carbocycles. The third-order valence-corrected chi connectivity index (χ3v) is 3.65. The molecule has 1 aliphatic carbocycles. The van der Waals surface area contributed by atoms with Gasteiger partial charge in [0.05, 0.1) is 17.6 Å². The molecule has 0 spiro atoms. The molecule has 102 valence electrons. The Morgan fingerprint density at radius 1 is 1.37 bits per heavy atom. The topological polar surface area (TPSA) is 29.9 Å². The van der Waals surface area contributed by atoms with E-state index in [9.17, 15) is 0 Å². The van der Waals surface area contributed by atoms with Crippen LogP contribution in [0.1, 0.15) is 45.5 Å². The highest BCUT2D eigenvalue weighted by Crippen LogP contribution is 2.39. The number of nitrogens with zero attached hydrogens (tertiary/aromatic N) is 2. The maximum absolute atomic E-state index is 6.06. The summed E-state index contributed by atoms with van der Waals surface area (Å²) >= 11 is 6.06. The van der Waals surface area contributed by atoms with Crippen molar-refractivity contribution in [2.75, 3.05) is 0 Å². The fourth-order valence-electron chi connectivity index (χ4n) is 2.33. The first-order chi connectivity index (χ1) is 8.94. The summed E-state index contributed by atoms with van der Waals surface area (Å²) < 4.78 is 2.38. The lowest BCUT2D eigenvalue weighted by Crippen LogP contribution is -2.35. The molecule has 19 heavy (non-hydrogen) atoms. The number of fused-ring (bicyclic) bond motifs is 1. The van der Waals surface area contributed by atoms with E-state index in [1.165, 1.54) is 18.4 Å². The van der Waals surface area contributed by atoms with Gasteiger partial charge in [0.25, 0.3) is 0 Å². The molecule has 3 nitrogen and oxygen atoms in total. The van der Waals surface area contributed by atoms with Crippen molar-refractivity contribution in [2.45, 2.75) is 51.7 Å². The third-order valence-electron chi connectivity index (χ3n) is 3.41. The van der Waals surface area contributed by atoms with Gasteiger partial charge in [-0.1, -0.05) is 11.6 Å². The zero-order chi connectivity index (χ0) is 13.6. The summed E-state index contributed by atoms with van der Waals surface area (Å²) in [6, 6.07) is 6.62. The van der Waals surface area contributed by atoms with Crippen molar-refractivity contribution in [3.8, 4) is 0 Å². The predicted molar refractivity (Wildman–Crippen MR) is 79.6 cm³/mol. The average Bonchev–Trinajstić information content (AvgIpc) is 3.07. The van der Waals surface area contributed by atoms with Crippen LogP contribution in [0, 0.1) is 0 Å². The number of hydrogen-bond acceptors (Lipinski definition) is 2. The fourth-order valence-corrected chi connectivity index (χ4v) is 2.50. The summed E-state index contributed by atoms with van der Waals surface area (Å²) in [5.74, 6) is 1.12. The van der Waals surface area contributed by atoms with Crippen LogP contribution in [0.25, 0.3) is 11.0 Å². The van der Waals surface area contributed by atoms with Crippen molar-refractivity contribution in [1.29, 1.82) is 0 Å². The van der Waals surface area contributed by atoms with E-state index < -0.39 is 0 Å². The van der Waals surface area contributed by atoms with Crippen LogP contribution in [0.15, 0.2) is 18.2 Å². The molecule has 1 N–H and O–H groups in total. The zero-order valence-electron chi connectivity index (χ0n) is 11.7. The van der Waals surface area contributed by atoms with Crippen LogP contribution in [-0.4, -0.2) is 15.1 Å². The molecule has 0 amide bonds. The van der Waals surface area contributed by atoms with Crippen molar-refractivity contribution in [3.63, 3.8) is 0 Å². The standard InChI is InChI=1S/C15H20ClN3/c1-15(2,3)17-9-14-18-12-8-10(16)4-7-13(12)19(14)11-5-6-11/h4,7-8,11,17H,5-6,9H2,1-3H3. The molecule has 0 unspecified atom stereocenters. The molecule has 4 heteroatoms. The van der Waals surface area contributed by atoms with Gasteiger partial charge in [0.1, 0.15) is 5.82 Å². The van der Waals surface area contributed by atoms with Crippen LogP contribution in [0.4, 0.5) is 0 Å². The monoisotopic (exact) mass is 277 g/mol. The minimum atomic E-state index is 0.101. The molecule has 3 rings (SSSR count). The quantitative estimate of drug-likeness (QED) is 0.922. The molecular weight excluding hydrogens is 258 g/mol. The Balaban J connectivity index is 2.00. The molecule has 0 radical (unpaired) electrons. The largest absolute Gasteiger partial charge is 0.324 e. The molecule has 2 aromatic rings. The van der Waals surface area contributed by atoms with E-state index in [1.54, 1.807) is 0 Å². The Morgan fingerprint density at radius 2 is 2.11 bits per heavy atom. The maximum Gasteiger partial charge on any atom is 0.124 e. The highest BCUT2D eigenvalue weighted by Gasteiger charge is 2.28. The van der Waals surface area contributed by atoms with Gasteiger partial charge in [-0.3, -0.25) is 0 Å². The number of rotatable bonds is 3. The second-order valence-electron chi connectivity index (χ2n) is 6.37. The number of imidazole rings is 1. The first-order valence-electron chi connectivity index (χ1n) is 6.85. The van der Waals surface area contributed by atoms with Gasteiger partial charge in [0.2, 0.25) is 0 Å². The summed E-state index contributed by atoms with van der Waals surface area (Å²) in [4.78, 5) is 4.75. The smallest absolute Gasteiger partial charge is 0.124 e. The van der Waals surface area contributed by atoms with E-state index in [0.29, 0.717) is 6.04 Å². The third kappa shape index (κ3) is 2.77. The summed E-state index contributed by atoms with van der Waals surface area (Å²) in [6.07, 6.45) is 2.52. The lowest BCUT2D eigenvalue weighted by Gasteiger charge is -2.20. The number of halogens is 1. The molecular formula is C15H20ClN3. The Labute approximate surface area is 119 Å². The highest BCUT2D eigenvalue weighted by atomic mass is 35.5. The van der Waals surface area contributed by atoms with Crippen molar-refractivity contribution in [3.05, 3.63) is 29.0 Å². The van der Waals surface area contributed by atoms with Gasteiger partial charge < -0.3 is 9.88 Å². The van der Waals surface area contributed by atoms with E-state index in [2.05, 4.69) is 36.7 Å². The molecule has 0 atom stereocenters. The zero-order valence-corrected chi connectivity index (χ0v) is 12.5. The summed E-state index contributed by atoms with van der Waals surface area (Å²) in [6.45, 7) is 7.32. The van der Waals surface area contributed by atoms with Gasteiger partial charge in [0.15, 0.2) is 0 Å². The Hall–Kier alpha value is -1.06. The molecule has 0 saturated heterocycles. The van der Waals surface area contributed by atoms with E-state index in [0.717, 1.165) is 22.9 Å². The van der Waals surface area contributed by atoms with Crippen LogP contribution in [0.3, 0.4) is 0 Å².